The Morgan fingerprint density at radius 3 is 2.75 bits per heavy atom. The fourth-order valence-electron chi connectivity index (χ4n) is 0.387. The van der Waals surface area contributed by atoms with Crippen LogP contribution in [0.25, 0.3) is 0 Å². The molecule has 0 aliphatic rings. The average molecular weight is 133 g/mol. The quantitative estimate of drug-likeness (QED) is 0.509. The highest BCUT2D eigenvalue weighted by atomic mass is 35.5. The highest BCUT2D eigenvalue weighted by molar-refractivity contribution is 6.30. The van der Waals surface area contributed by atoms with Crippen molar-refractivity contribution in [1.82, 2.24) is 0 Å². The average Bonchev–Trinajstić information content (AvgIpc) is 1.80. The molecule has 1 rings (SSSR count). The number of benzene rings is 1. The third kappa shape index (κ3) is 1.20. The van der Waals surface area contributed by atoms with Crippen molar-refractivity contribution in [2.45, 2.75) is 0 Å². The van der Waals surface area contributed by atoms with E-state index in [2.05, 4.69) is 0 Å². The van der Waals surface area contributed by atoms with E-state index < -0.39 is 5.82 Å². The molecule has 1 aromatic rings. The molecule has 1 aromatic carbocycles. The zero-order valence-corrected chi connectivity index (χ0v) is 4.74. The van der Waals surface area contributed by atoms with Crippen molar-refractivity contribution in [1.29, 1.82) is 0 Å². The van der Waals surface area contributed by atoms with Crippen LogP contribution < -0.4 is 0 Å². The summed E-state index contributed by atoms with van der Waals surface area (Å²) in [5.74, 6) is -0.542. The van der Waals surface area contributed by atoms with Crippen molar-refractivity contribution >= 4 is 11.6 Å². The van der Waals surface area contributed by atoms with Gasteiger partial charge in [-0.15, -0.1) is 0 Å². The lowest BCUT2D eigenvalue weighted by Gasteiger charge is -1.84. The molecule has 0 aliphatic heterocycles. The number of hydrogen-bond donors (Lipinski definition) is 0. The van der Waals surface area contributed by atoms with E-state index in [1.807, 2.05) is 0 Å². The third-order valence-electron chi connectivity index (χ3n) is 0.737. The molecule has 0 aromatic heterocycles. The van der Waals surface area contributed by atoms with Crippen LogP contribution in [-0.2, 0) is 0 Å². The second kappa shape index (κ2) is 2.14. The van der Waals surface area contributed by atoms with Gasteiger partial charge in [0.05, 0.1) is 1.37 Å². The minimum atomic E-state index is -0.542. The van der Waals surface area contributed by atoms with Crippen LogP contribution in [0.4, 0.5) is 4.39 Å². The van der Waals surface area contributed by atoms with Crippen molar-refractivity contribution in [3.8, 4) is 0 Å². The van der Waals surface area contributed by atoms with Gasteiger partial charge < -0.3 is 0 Å². The minimum Gasteiger partial charge on any atom is -0.207 e. The second-order valence-electron chi connectivity index (χ2n) is 1.35. The summed E-state index contributed by atoms with van der Waals surface area (Å²) in [6.45, 7) is 0. The summed E-state index contributed by atoms with van der Waals surface area (Å²) < 4.78 is 19.2. The predicted molar refractivity (Wildman–Crippen MR) is 31.4 cm³/mol. The maximum Gasteiger partial charge on any atom is 0.123 e. The normalized spacial score (nSPS) is 11.0. The Hall–Kier alpha value is -0.560. The molecule has 0 aliphatic carbocycles. The summed E-state index contributed by atoms with van der Waals surface area (Å²) in [5.41, 5.74) is 0. The Bertz CT molecular complexity index is 224. The van der Waals surface area contributed by atoms with E-state index in [0.717, 1.165) is 0 Å². The molecule has 0 heterocycles. The van der Waals surface area contributed by atoms with E-state index >= 15 is 0 Å². The summed E-state index contributed by atoms with van der Waals surface area (Å²) in [6.07, 6.45) is 0. The Kier molecular flexibility index (Phi) is 1.16. The zero-order valence-electron chi connectivity index (χ0n) is 4.99. The van der Waals surface area contributed by atoms with Gasteiger partial charge in [0.2, 0.25) is 0 Å². The first-order valence-corrected chi connectivity index (χ1v) is 2.49. The highest BCUT2D eigenvalue weighted by Gasteiger charge is 1.85. The van der Waals surface area contributed by atoms with Gasteiger partial charge in [-0.05, 0) is 24.2 Å². The largest absolute Gasteiger partial charge is 0.207 e. The number of rotatable bonds is 0. The molecule has 0 amide bonds. The first kappa shape index (κ1) is 4.33. The third-order valence-corrected chi connectivity index (χ3v) is 0.972. The van der Waals surface area contributed by atoms with E-state index in [1.54, 1.807) is 0 Å². The fraction of sp³-hybridized carbons (Fsp3) is 0. The highest BCUT2D eigenvalue weighted by Crippen LogP contribution is 2.07. The van der Waals surface area contributed by atoms with Gasteiger partial charge in [0.25, 0.3) is 0 Å². The molecular weight excluding hydrogens is 127 g/mol. The molecule has 0 N–H and O–H groups in total. The van der Waals surface area contributed by atoms with Crippen molar-refractivity contribution in [2.24, 2.45) is 0 Å². The van der Waals surface area contributed by atoms with Crippen molar-refractivity contribution in [2.75, 3.05) is 0 Å². The Balaban J connectivity index is 3.17. The van der Waals surface area contributed by atoms with Crippen LogP contribution in [0.15, 0.2) is 24.2 Å². The van der Waals surface area contributed by atoms with Gasteiger partial charge >= 0.3 is 0 Å². The molecule has 42 valence electrons. The van der Waals surface area contributed by atoms with Gasteiger partial charge in [-0.2, -0.15) is 0 Å². The lowest BCUT2D eigenvalue weighted by Crippen LogP contribution is -1.67. The van der Waals surface area contributed by atoms with Gasteiger partial charge in [0, 0.05) is 5.02 Å². The summed E-state index contributed by atoms with van der Waals surface area (Å²) >= 11 is 5.43. The van der Waals surface area contributed by atoms with Gasteiger partial charge in [-0.1, -0.05) is 11.6 Å². The van der Waals surface area contributed by atoms with Crippen LogP contribution in [0, 0.1) is 5.82 Å². The Labute approximate surface area is 53.3 Å². The lowest BCUT2D eigenvalue weighted by atomic mass is 10.4. The first-order valence-electron chi connectivity index (χ1n) is 2.62. The Morgan fingerprint density at radius 2 is 2.25 bits per heavy atom. The molecule has 0 unspecified atom stereocenters. The Morgan fingerprint density at radius 1 is 1.50 bits per heavy atom. The van der Waals surface area contributed by atoms with E-state index in [1.165, 1.54) is 18.2 Å². The SMILES string of the molecule is [3H]c1cc(Cl)ccc1F. The standard InChI is InChI=1S/C6H4ClF/c7-5-1-3-6(8)4-2-5/h1-4H/i3T. The molecule has 8 heavy (non-hydrogen) atoms. The van der Waals surface area contributed by atoms with E-state index in [-0.39, 0.29) is 6.04 Å². The molecule has 0 saturated heterocycles. The first-order chi connectivity index (χ1) is 4.20. The van der Waals surface area contributed by atoms with Crippen LogP contribution in [0.3, 0.4) is 0 Å². The monoisotopic (exact) mass is 132 g/mol. The summed E-state index contributed by atoms with van der Waals surface area (Å²) in [7, 11) is 0. The fourth-order valence-corrected chi connectivity index (χ4v) is 0.504. The molecule has 0 radical (unpaired) electrons. The van der Waals surface area contributed by atoms with E-state index in [9.17, 15) is 4.39 Å². The molecule has 0 spiro atoms. The second-order valence-corrected chi connectivity index (χ2v) is 1.79. The maximum absolute atomic E-state index is 12.3. The molecule has 2 heteroatoms. The number of halogens is 2. The van der Waals surface area contributed by atoms with Crippen LogP contribution >= 0.6 is 11.6 Å². The minimum absolute atomic E-state index is 0.164. The molecule has 0 fully saturated rings. The smallest absolute Gasteiger partial charge is 0.123 e. The summed E-state index contributed by atoms with van der Waals surface area (Å²) in [5, 5.41) is 0.390. The van der Waals surface area contributed by atoms with Gasteiger partial charge in [-0.25, -0.2) is 4.39 Å². The molecule has 0 nitrogen and oxygen atoms in total. The summed E-state index contributed by atoms with van der Waals surface area (Å²) in [4.78, 5) is 0. The van der Waals surface area contributed by atoms with Crippen LogP contribution in [0.1, 0.15) is 1.37 Å². The van der Waals surface area contributed by atoms with Gasteiger partial charge in [0.1, 0.15) is 5.82 Å². The molecular formula is C6H4ClF. The number of hydrogen-bond acceptors (Lipinski definition) is 0. The van der Waals surface area contributed by atoms with Crippen molar-refractivity contribution in [3.05, 3.63) is 35.1 Å². The van der Waals surface area contributed by atoms with Gasteiger partial charge in [0.15, 0.2) is 0 Å². The van der Waals surface area contributed by atoms with Crippen LogP contribution in [0.5, 0.6) is 0 Å². The topological polar surface area (TPSA) is 0 Å². The van der Waals surface area contributed by atoms with Crippen LogP contribution in [-0.4, -0.2) is 0 Å². The maximum atomic E-state index is 12.3. The molecule has 0 bridgehead atoms. The molecule has 0 saturated carbocycles. The van der Waals surface area contributed by atoms with Crippen LogP contribution in [0.2, 0.25) is 5.02 Å². The molecule has 0 atom stereocenters. The van der Waals surface area contributed by atoms with Gasteiger partial charge in [-0.3, -0.25) is 0 Å². The zero-order chi connectivity index (χ0) is 6.85. The summed E-state index contributed by atoms with van der Waals surface area (Å²) in [6, 6.07) is 3.68. The van der Waals surface area contributed by atoms with Crippen molar-refractivity contribution in [3.63, 3.8) is 0 Å². The van der Waals surface area contributed by atoms with E-state index in [4.69, 9.17) is 13.0 Å². The lowest BCUT2D eigenvalue weighted by molar-refractivity contribution is 0.628. The van der Waals surface area contributed by atoms with E-state index in [0.29, 0.717) is 5.02 Å². The van der Waals surface area contributed by atoms with Crippen molar-refractivity contribution < 1.29 is 5.76 Å². The predicted octanol–water partition coefficient (Wildman–Crippen LogP) is 2.48.